The van der Waals surface area contributed by atoms with Gasteiger partial charge in [0.05, 0.1) is 33.9 Å². The number of anilines is 2. The fourth-order valence-electron chi connectivity index (χ4n) is 2.96. The van der Waals surface area contributed by atoms with Crippen LogP contribution in [0.25, 0.3) is 11.3 Å². The van der Waals surface area contributed by atoms with Gasteiger partial charge in [-0.3, -0.25) is 4.68 Å². The van der Waals surface area contributed by atoms with E-state index in [4.69, 9.17) is 16.3 Å². The van der Waals surface area contributed by atoms with Crippen LogP contribution in [-0.4, -0.2) is 25.8 Å². The number of nitrogens with one attached hydrogen (secondary N) is 2. The van der Waals surface area contributed by atoms with Crippen LogP contribution in [0.4, 0.5) is 33.7 Å². The van der Waals surface area contributed by atoms with Crippen LogP contribution in [0.15, 0.2) is 61.2 Å². The number of carbonyl (C=O) groups excluding carboxylic acids is 1. The molecule has 0 fully saturated rings. The van der Waals surface area contributed by atoms with Crippen LogP contribution >= 0.6 is 11.6 Å². The van der Waals surface area contributed by atoms with Crippen molar-refractivity contribution in [1.82, 2.24) is 19.7 Å². The molecule has 13 heteroatoms. The zero-order chi connectivity index (χ0) is 25.2. The van der Waals surface area contributed by atoms with Gasteiger partial charge in [-0.2, -0.15) is 18.3 Å². The van der Waals surface area contributed by atoms with Crippen LogP contribution in [0.5, 0.6) is 11.6 Å². The normalized spacial score (nSPS) is 11.3. The Morgan fingerprint density at radius 1 is 1.06 bits per heavy atom. The summed E-state index contributed by atoms with van der Waals surface area (Å²) in [4.78, 5) is 20.5. The standard InChI is InChI=1S/C22H15ClF4N6O2/c1-33-10-12(9-30-33)18-8-20(29-11-28-18)35-14-3-4-16(24)19(7-14)32-21(34)31-17-5-2-13(6-15(17)23)22(25,26)27/h2-11H,1H3,(H2,31,32,34). The Balaban J connectivity index is 1.47. The highest BCUT2D eigenvalue weighted by Gasteiger charge is 2.31. The van der Waals surface area contributed by atoms with Crippen molar-refractivity contribution in [1.29, 1.82) is 0 Å². The monoisotopic (exact) mass is 506 g/mol. The van der Waals surface area contributed by atoms with Gasteiger partial charge in [0.15, 0.2) is 0 Å². The number of aromatic nitrogens is 4. The maximum absolute atomic E-state index is 14.3. The number of ether oxygens (including phenoxy) is 1. The number of hydrogen-bond acceptors (Lipinski definition) is 5. The minimum atomic E-state index is -4.59. The second kappa shape index (κ2) is 9.58. The van der Waals surface area contributed by atoms with Crippen molar-refractivity contribution in [2.75, 3.05) is 10.6 Å². The topological polar surface area (TPSA) is 94.0 Å². The number of nitrogens with zero attached hydrogens (tertiary/aromatic N) is 4. The van der Waals surface area contributed by atoms with E-state index in [1.165, 1.54) is 18.5 Å². The number of alkyl halides is 3. The molecule has 0 spiro atoms. The quantitative estimate of drug-likeness (QED) is 0.318. The number of aryl methyl sites for hydroxylation is 1. The van der Waals surface area contributed by atoms with E-state index < -0.39 is 23.6 Å². The summed E-state index contributed by atoms with van der Waals surface area (Å²) in [6.07, 6.45) is 0.0825. The van der Waals surface area contributed by atoms with E-state index in [9.17, 15) is 22.4 Å². The summed E-state index contributed by atoms with van der Waals surface area (Å²) in [5.74, 6) is -0.452. The van der Waals surface area contributed by atoms with Crippen LogP contribution in [0.3, 0.4) is 0 Å². The Hall–Kier alpha value is -4.19. The molecule has 0 saturated heterocycles. The third kappa shape index (κ3) is 5.84. The minimum absolute atomic E-state index is 0.0890. The Bertz CT molecular complexity index is 1390. The van der Waals surface area contributed by atoms with Gasteiger partial charge in [-0.1, -0.05) is 11.6 Å². The number of carbonyl (C=O) groups is 1. The molecule has 4 aromatic rings. The molecule has 2 amide bonds. The zero-order valence-corrected chi connectivity index (χ0v) is 18.5. The molecule has 4 rings (SSSR count). The van der Waals surface area contributed by atoms with Crippen molar-refractivity contribution in [3.8, 4) is 22.9 Å². The maximum atomic E-state index is 14.3. The van der Waals surface area contributed by atoms with Gasteiger partial charge in [-0.15, -0.1) is 0 Å². The maximum Gasteiger partial charge on any atom is 0.416 e. The highest BCUT2D eigenvalue weighted by molar-refractivity contribution is 6.33. The zero-order valence-electron chi connectivity index (χ0n) is 17.8. The number of rotatable bonds is 5. The van der Waals surface area contributed by atoms with Gasteiger partial charge in [0, 0.05) is 30.9 Å². The summed E-state index contributed by atoms with van der Waals surface area (Å²) < 4.78 is 59.9. The molecule has 2 aromatic carbocycles. The molecule has 0 bridgehead atoms. The molecular formula is C22H15ClF4N6O2. The van der Waals surface area contributed by atoms with Crippen LogP contribution in [0.1, 0.15) is 5.56 Å². The molecule has 0 unspecified atom stereocenters. The van der Waals surface area contributed by atoms with Crippen molar-refractivity contribution in [2.24, 2.45) is 7.05 Å². The van der Waals surface area contributed by atoms with E-state index in [0.717, 1.165) is 23.8 Å². The first-order valence-electron chi connectivity index (χ1n) is 9.82. The summed E-state index contributed by atoms with van der Waals surface area (Å²) in [7, 11) is 1.76. The van der Waals surface area contributed by atoms with Gasteiger partial charge in [-0.05, 0) is 30.3 Å². The van der Waals surface area contributed by atoms with Crippen molar-refractivity contribution >= 4 is 29.0 Å². The molecular weight excluding hydrogens is 492 g/mol. The van der Waals surface area contributed by atoms with E-state index in [2.05, 4.69) is 25.7 Å². The average molecular weight is 507 g/mol. The number of benzene rings is 2. The van der Waals surface area contributed by atoms with Gasteiger partial charge < -0.3 is 15.4 Å². The van der Waals surface area contributed by atoms with Gasteiger partial charge in [0.25, 0.3) is 0 Å². The molecule has 0 aliphatic carbocycles. The highest BCUT2D eigenvalue weighted by atomic mass is 35.5. The van der Waals surface area contributed by atoms with E-state index >= 15 is 0 Å². The fraction of sp³-hybridized carbons (Fsp3) is 0.0909. The predicted molar refractivity (Wildman–Crippen MR) is 120 cm³/mol. The summed E-state index contributed by atoms with van der Waals surface area (Å²) in [6, 6.07) is 6.68. The number of amides is 2. The molecule has 180 valence electrons. The second-order valence-electron chi connectivity index (χ2n) is 7.16. The van der Waals surface area contributed by atoms with Crippen LogP contribution in [0, 0.1) is 5.82 Å². The first-order valence-corrected chi connectivity index (χ1v) is 10.2. The molecule has 2 aromatic heterocycles. The molecule has 8 nitrogen and oxygen atoms in total. The number of hydrogen-bond donors (Lipinski definition) is 2. The highest BCUT2D eigenvalue weighted by Crippen LogP contribution is 2.34. The Labute approximate surface area is 200 Å². The second-order valence-corrected chi connectivity index (χ2v) is 7.57. The van der Waals surface area contributed by atoms with Crippen LogP contribution < -0.4 is 15.4 Å². The van der Waals surface area contributed by atoms with E-state index in [1.807, 2.05) is 0 Å². The van der Waals surface area contributed by atoms with Crippen molar-refractivity contribution < 1.29 is 27.1 Å². The third-order valence-corrected chi connectivity index (χ3v) is 4.91. The van der Waals surface area contributed by atoms with E-state index in [1.54, 1.807) is 30.2 Å². The molecule has 0 atom stereocenters. The smallest absolute Gasteiger partial charge is 0.416 e. The molecule has 2 N–H and O–H groups in total. The van der Waals surface area contributed by atoms with Crippen molar-refractivity contribution in [3.63, 3.8) is 0 Å². The van der Waals surface area contributed by atoms with Gasteiger partial charge in [-0.25, -0.2) is 19.2 Å². The first kappa shape index (κ1) is 24.0. The van der Waals surface area contributed by atoms with Crippen LogP contribution in [-0.2, 0) is 13.2 Å². The average Bonchev–Trinajstić information content (AvgIpc) is 3.23. The van der Waals surface area contributed by atoms with Crippen LogP contribution in [0.2, 0.25) is 5.02 Å². The number of halogens is 5. The molecule has 0 radical (unpaired) electrons. The van der Waals surface area contributed by atoms with E-state index in [-0.39, 0.29) is 28.0 Å². The number of urea groups is 1. The lowest BCUT2D eigenvalue weighted by atomic mass is 10.2. The Morgan fingerprint density at radius 3 is 2.51 bits per heavy atom. The largest absolute Gasteiger partial charge is 0.439 e. The first-order chi connectivity index (χ1) is 16.6. The molecule has 0 aliphatic heterocycles. The summed E-state index contributed by atoms with van der Waals surface area (Å²) in [6.45, 7) is 0. The minimum Gasteiger partial charge on any atom is -0.439 e. The van der Waals surface area contributed by atoms with Crippen molar-refractivity contribution in [3.05, 3.63) is 77.6 Å². The molecule has 35 heavy (non-hydrogen) atoms. The molecule has 2 heterocycles. The predicted octanol–water partition coefficient (Wildman–Crippen LogP) is 6.12. The summed E-state index contributed by atoms with van der Waals surface area (Å²) in [5.41, 5.74) is -0.0182. The summed E-state index contributed by atoms with van der Waals surface area (Å²) in [5, 5.41) is 8.29. The van der Waals surface area contributed by atoms with E-state index in [0.29, 0.717) is 11.8 Å². The third-order valence-electron chi connectivity index (χ3n) is 4.60. The van der Waals surface area contributed by atoms with Gasteiger partial charge in [0.2, 0.25) is 5.88 Å². The fourth-order valence-corrected chi connectivity index (χ4v) is 3.19. The Kier molecular flexibility index (Phi) is 6.56. The van der Waals surface area contributed by atoms with Gasteiger partial charge >= 0.3 is 12.2 Å². The molecule has 0 aliphatic rings. The van der Waals surface area contributed by atoms with Gasteiger partial charge in [0.1, 0.15) is 17.9 Å². The lowest BCUT2D eigenvalue weighted by molar-refractivity contribution is -0.137. The Morgan fingerprint density at radius 2 is 1.83 bits per heavy atom. The lowest BCUT2D eigenvalue weighted by Gasteiger charge is -2.13. The SMILES string of the molecule is Cn1cc(-c2cc(Oc3ccc(F)c(NC(=O)Nc4ccc(C(F)(F)F)cc4Cl)c3)ncn2)cn1. The lowest BCUT2D eigenvalue weighted by Crippen LogP contribution is -2.20. The summed E-state index contributed by atoms with van der Waals surface area (Å²) >= 11 is 5.83. The van der Waals surface area contributed by atoms with Crippen molar-refractivity contribution in [2.45, 2.75) is 6.18 Å². The molecule has 0 saturated carbocycles.